The zero-order valence-electron chi connectivity index (χ0n) is 14.7. The van der Waals surface area contributed by atoms with E-state index in [1.807, 2.05) is 18.2 Å². The molecule has 0 fully saturated rings. The first-order valence-corrected chi connectivity index (χ1v) is 8.25. The van der Waals surface area contributed by atoms with E-state index in [4.69, 9.17) is 9.47 Å². The van der Waals surface area contributed by atoms with Crippen molar-refractivity contribution in [2.24, 2.45) is 0 Å². The second-order valence-corrected chi connectivity index (χ2v) is 5.41. The third-order valence-electron chi connectivity index (χ3n) is 3.66. The Kier molecular flexibility index (Phi) is 9.66. The Hall–Kier alpha value is -1.92. The van der Waals surface area contributed by atoms with Crippen molar-refractivity contribution in [2.75, 3.05) is 33.9 Å². The zero-order valence-corrected chi connectivity index (χ0v) is 14.7. The van der Waals surface area contributed by atoms with Crippen LogP contribution in [-0.4, -0.2) is 38.8 Å². The van der Waals surface area contributed by atoms with Gasteiger partial charge in [-0.1, -0.05) is 31.4 Å². The third kappa shape index (κ3) is 7.25. The number of benzene rings is 1. The van der Waals surface area contributed by atoms with E-state index in [1.165, 1.54) is 18.4 Å². The Bertz CT molecular complexity index is 528. The first kappa shape index (κ1) is 19.1. The highest BCUT2D eigenvalue weighted by atomic mass is 16.5. The van der Waals surface area contributed by atoms with Crippen LogP contribution in [0.2, 0.25) is 0 Å². The monoisotopic (exact) mass is 315 g/mol. The van der Waals surface area contributed by atoms with Crippen molar-refractivity contribution in [3.8, 4) is 23.3 Å². The quantitative estimate of drug-likeness (QED) is 0.371. The molecule has 0 bridgehead atoms. The Morgan fingerprint density at radius 3 is 2.70 bits per heavy atom. The summed E-state index contributed by atoms with van der Waals surface area (Å²) in [6, 6.07) is 5.97. The van der Waals surface area contributed by atoms with Crippen LogP contribution in [-0.2, 0) is 6.42 Å². The molecule has 0 unspecified atom stereocenters. The predicted octanol–water partition coefficient (Wildman–Crippen LogP) is 3.93. The Balaban J connectivity index is 2.60. The van der Waals surface area contributed by atoms with E-state index in [0.29, 0.717) is 0 Å². The normalized spacial score (nSPS) is 10.1. The minimum atomic E-state index is 0.786. The van der Waals surface area contributed by atoms with Crippen LogP contribution in [0.1, 0.15) is 31.7 Å². The summed E-state index contributed by atoms with van der Waals surface area (Å²) in [5.41, 5.74) is 1.18. The summed E-state index contributed by atoms with van der Waals surface area (Å²) in [6.45, 7) is 8.59. The van der Waals surface area contributed by atoms with E-state index >= 15 is 0 Å². The molecule has 0 amide bonds. The van der Waals surface area contributed by atoms with Crippen molar-refractivity contribution >= 4 is 0 Å². The van der Waals surface area contributed by atoms with Gasteiger partial charge < -0.3 is 9.47 Å². The Morgan fingerprint density at radius 1 is 1.22 bits per heavy atom. The van der Waals surface area contributed by atoms with Crippen LogP contribution in [0.3, 0.4) is 0 Å². The third-order valence-corrected chi connectivity index (χ3v) is 3.66. The van der Waals surface area contributed by atoms with Gasteiger partial charge in [0.15, 0.2) is 0 Å². The molecule has 23 heavy (non-hydrogen) atoms. The molecule has 126 valence electrons. The minimum Gasteiger partial charge on any atom is -0.497 e. The van der Waals surface area contributed by atoms with Gasteiger partial charge >= 0.3 is 0 Å². The van der Waals surface area contributed by atoms with E-state index < -0.39 is 0 Å². The molecule has 0 N–H and O–H groups in total. The molecule has 0 saturated heterocycles. The molecule has 0 aromatic heterocycles. The average molecular weight is 315 g/mol. The van der Waals surface area contributed by atoms with Gasteiger partial charge in [0.1, 0.15) is 11.5 Å². The molecule has 0 radical (unpaired) electrons. The second kappa shape index (κ2) is 11.6. The van der Waals surface area contributed by atoms with Gasteiger partial charge in [-0.25, -0.2) is 0 Å². The molecule has 0 aliphatic carbocycles. The maximum Gasteiger partial charge on any atom is 0.125 e. The lowest BCUT2D eigenvalue weighted by Crippen LogP contribution is -2.26. The lowest BCUT2D eigenvalue weighted by molar-refractivity contribution is 0.340. The topological polar surface area (TPSA) is 21.7 Å². The summed E-state index contributed by atoms with van der Waals surface area (Å²) >= 11 is 0. The highest BCUT2D eigenvalue weighted by Gasteiger charge is 2.07. The van der Waals surface area contributed by atoms with Gasteiger partial charge in [0.25, 0.3) is 0 Å². The molecule has 1 aromatic rings. The number of nitrogens with zero attached hydrogens (tertiary/aromatic N) is 1. The maximum atomic E-state index is 5.46. The van der Waals surface area contributed by atoms with Crippen LogP contribution in [0.4, 0.5) is 0 Å². The van der Waals surface area contributed by atoms with Gasteiger partial charge in [-0.15, -0.1) is 12.5 Å². The van der Waals surface area contributed by atoms with Crippen LogP contribution >= 0.6 is 0 Å². The van der Waals surface area contributed by atoms with E-state index in [0.717, 1.165) is 44.0 Å². The number of ether oxygens (including phenoxy) is 2. The Labute approximate surface area is 141 Å². The van der Waals surface area contributed by atoms with E-state index in [2.05, 4.69) is 36.3 Å². The van der Waals surface area contributed by atoms with Crippen LogP contribution in [0.5, 0.6) is 11.5 Å². The molecular weight excluding hydrogens is 286 g/mol. The second-order valence-electron chi connectivity index (χ2n) is 5.41. The fourth-order valence-electron chi connectivity index (χ4n) is 2.28. The van der Waals surface area contributed by atoms with Crippen LogP contribution in [0, 0.1) is 11.8 Å². The Morgan fingerprint density at radius 2 is 2.04 bits per heavy atom. The predicted molar refractivity (Wildman–Crippen MR) is 97.2 cm³/mol. The average Bonchev–Trinajstić information content (AvgIpc) is 2.59. The summed E-state index contributed by atoms with van der Waals surface area (Å²) in [6.07, 6.45) is 6.21. The van der Waals surface area contributed by atoms with E-state index in [1.54, 1.807) is 14.2 Å². The van der Waals surface area contributed by atoms with Gasteiger partial charge in [-0.3, -0.25) is 4.90 Å². The molecule has 0 spiro atoms. The van der Waals surface area contributed by atoms with Crippen molar-refractivity contribution < 1.29 is 9.47 Å². The lowest BCUT2D eigenvalue weighted by atomic mass is 10.1. The lowest BCUT2D eigenvalue weighted by Gasteiger charge is -2.18. The molecule has 3 nitrogen and oxygen atoms in total. The minimum absolute atomic E-state index is 0.786. The number of methoxy groups -OCH3 is 2. The maximum absolute atomic E-state index is 5.46. The molecule has 0 aliphatic heterocycles. The van der Waals surface area contributed by atoms with E-state index in [9.17, 15) is 0 Å². The fourth-order valence-corrected chi connectivity index (χ4v) is 2.28. The summed E-state index contributed by atoms with van der Waals surface area (Å²) < 4.78 is 10.7. The van der Waals surface area contributed by atoms with Crippen molar-refractivity contribution in [1.29, 1.82) is 0 Å². The molecular formula is C20H29NO2. The zero-order chi connectivity index (χ0) is 16.9. The summed E-state index contributed by atoms with van der Waals surface area (Å²) in [7, 11) is 3.36. The largest absolute Gasteiger partial charge is 0.497 e. The van der Waals surface area contributed by atoms with Crippen molar-refractivity contribution in [3.63, 3.8) is 0 Å². The molecule has 0 aliphatic rings. The fraction of sp³-hybridized carbons (Fsp3) is 0.500. The smallest absolute Gasteiger partial charge is 0.125 e. The first-order chi connectivity index (χ1) is 11.2. The van der Waals surface area contributed by atoms with Gasteiger partial charge in [-0.2, -0.15) is 0 Å². The van der Waals surface area contributed by atoms with Crippen molar-refractivity contribution in [3.05, 3.63) is 36.4 Å². The standard InChI is InChI=1S/C20H29NO2/c1-5-7-8-9-10-15-21(14-6-2)16-13-18-11-12-19(22-3)17-20(18)23-4/h6,11-12,17H,2,5,7-8,13-16H2,1,3-4H3. The number of rotatable bonds is 10. The van der Waals surface area contributed by atoms with Gasteiger partial charge in [0.05, 0.1) is 20.8 Å². The summed E-state index contributed by atoms with van der Waals surface area (Å²) in [5, 5.41) is 0. The van der Waals surface area contributed by atoms with Gasteiger partial charge in [0.2, 0.25) is 0 Å². The van der Waals surface area contributed by atoms with Crippen molar-refractivity contribution in [1.82, 2.24) is 4.90 Å². The molecule has 1 rings (SSSR count). The first-order valence-electron chi connectivity index (χ1n) is 8.25. The van der Waals surface area contributed by atoms with Crippen LogP contribution in [0.15, 0.2) is 30.9 Å². The van der Waals surface area contributed by atoms with E-state index in [-0.39, 0.29) is 0 Å². The molecule has 0 saturated carbocycles. The number of unbranched alkanes of at least 4 members (excludes halogenated alkanes) is 2. The molecule has 1 aromatic carbocycles. The summed E-state index contributed by atoms with van der Waals surface area (Å²) in [5.74, 6) is 8.20. The highest BCUT2D eigenvalue weighted by molar-refractivity contribution is 5.40. The van der Waals surface area contributed by atoms with Gasteiger partial charge in [-0.05, 0) is 24.5 Å². The SMILES string of the molecule is C=CCN(CC#CCCCC)CCc1ccc(OC)cc1OC. The molecule has 3 heteroatoms. The number of hydrogen-bond acceptors (Lipinski definition) is 3. The van der Waals surface area contributed by atoms with Crippen molar-refractivity contribution in [2.45, 2.75) is 32.6 Å². The molecule has 0 heterocycles. The highest BCUT2D eigenvalue weighted by Crippen LogP contribution is 2.25. The van der Waals surface area contributed by atoms with Crippen LogP contribution < -0.4 is 9.47 Å². The summed E-state index contributed by atoms with van der Waals surface area (Å²) in [4.78, 5) is 2.30. The number of hydrogen-bond donors (Lipinski definition) is 0. The molecule has 0 atom stereocenters. The van der Waals surface area contributed by atoms with Crippen LogP contribution in [0.25, 0.3) is 0 Å². The van der Waals surface area contributed by atoms with Gasteiger partial charge in [0, 0.05) is 25.6 Å².